The first-order chi connectivity index (χ1) is 4.75. The van der Waals surface area contributed by atoms with Gasteiger partial charge < -0.3 is 10.1 Å². The molecule has 1 heterocycles. The van der Waals surface area contributed by atoms with E-state index in [1.807, 2.05) is 0 Å². The number of halogens is 2. The smallest absolute Gasteiger partial charge is 0.223 e. The number of rotatable bonds is 1. The van der Waals surface area contributed by atoms with Gasteiger partial charge in [0.1, 0.15) is 0 Å². The average molecular weight is 196 g/mol. The summed E-state index contributed by atoms with van der Waals surface area (Å²) in [5.41, 5.74) is -0.0523. The Morgan fingerprint density at radius 2 is 2.27 bits per heavy atom. The molecule has 0 saturated heterocycles. The normalized spacial score (nSPS) is 8.82. The maximum atomic E-state index is 10.7. The van der Waals surface area contributed by atoms with Crippen LogP contribution in [0.15, 0.2) is 17.1 Å². The zero-order valence-electron chi connectivity index (χ0n) is 5.50. The van der Waals surface area contributed by atoms with Gasteiger partial charge in [-0.05, 0) is 0 Å². The molecule has 0 radical (unpaired) electrons. The SMILES string of the molecule is Cl.O=c1cc[nH]c(CCl)c1O. The molecule has 0 amide bonds. The summed E-state index contributed by atoms with van der Waals surface area (Å²) in [5.74, 6) is -0.181. The molecular formula is C6H7Cl2NO2. The predicted octanol–water partition coefficient (Wildman–Crippen LogP) is 1.24. The zero-order valence-corrected chi connectivity index (χ0v) is 7.08. The van der Waals surface area contributed by atoms with Gasteiger partial charge in [-0.2, -0.15) is 0 Å². The van der Waals surface area contributed by atoms with Crippen LogP contribution in [0, 0.1) is 0 Å². The number of nitrogens with one attached hydrogen (secondary N) is 1. The number of hydrogen-bond acceptors (Lipinski definition) is 2. The van der Waals surface area contributed by atoms with Crippen molar-refractivity contribution in [3.8, 4) is 5.75 Å². The fraction of sp³-hybridized carbons (Fsp3) is 0.167. The number of H-pyrrole nitrogens is 1. The van der Waals surface area contributed by atoms with Crippen LogP contribution in [0.1, 0.15) is 5.69 Å². The molecule has 0 aliphatic heterocycles. The third-order valence-electron chi connectivity index (χ3n) is 1.15. The number of pyridine rings is 1. The molecule has 3 nitrogen and oxygen atoms in total. The van der Waals surface area contributed by atoms with Crippen molar-refractivity contribution in [2.24, 2.45) is 0 Å². The highest BCUT2D eigenvalue weighted by Crippen LogP contribution is 2.08. The van der Waals surface area contributed by atoms with Gasteiger partial charge in [0, 0.05) is 12.3 Å². The van der Waals surface area contributed by atoms with Crippen molar-refractivity contribution in [2.45, 2.75) is 5.88 Å². The Morgan fingerprint density at radius 1 is 1.64 bits per heavy atom. The topological polar surface area (TPSA) is 53.1 Å². The van der Waals surface area contributed by atoms with Crippen molar-refractivity contribution in [3.05, 3.63) is 28.2 Å². The standard InChI is InChI=1S/C6H6ClNO2.ClH/c7-3-4-6(10)5(9)1-2-8-4;/h1-2,10H,3H2,(H,8,9);1H. The van der Waals surface area contributed by atoms with Crippen LogP contribution in [0.3, 0.4) is 0 Å². The summed E-state index contributed by atoms with van der Waals surface area (Å²) in [7, 11) is 0. The Bertz CT molecular complexity index is 284. The van der Waals surface area contributed by atoms with Crippen molar-refractivity contribution in [1.29, 1.82) is 0 Å². The molecule has 11 heavy (non-hydrogen) atoms. The molecule has 62 valence electrons. The highest BCUT2D eigenvalue weighted by Gasteiger charge is 2.01. The van der Waals surface area contributed by atoms with Gasteiger partial charge in [0.25, 0.3) is 0 Å². The molecule has 0 bridgehead atoms. The van der Waals surface area contributed by atoms with E-state index in [9.17, 15) is 4.79 Å². The molecule has 0 saturated carbocycles. The Labute approximate surface area is 74.4 Å². The second kappa shape index (κ2) is 4.26. The Hall–Kier alpha value is -0.670. The van der Waals surface area contributed by atoms with Crippen molar-refractivity contribution in [1.82, 2.24) is 4.98 Å². The van der Waals surface area contributed by atoms with E-state index in [1.165, 1.54) is 12.3 Å². The molecule has 0 spiro atoms. The zero-order chi connectivity index (χ0) is 7.56. The van der Waals surface area contributed by atoms with Crippen molar-refractivity contribution in [2.75, 3.05) is 0 Å². The molecule has 1 aromatic heterocycles. The Morgan fingerprint density at radius 3 is 2.73 bits per heavy atom. The lowest BCUT2D eigenvalue weighted by Crippen LogP contribution is -2.01. The second-order valence-corrected chi connectivity index (χ2v) is 2.07. The first kappa shape index (κ1) is 10.3. The minimum atomic E-state index is -0.408. The molecule has 0 aliphatic carbocycles. The fourth-order valence-electron chi connectivity index (χ4n) is 0.616. The van der Waals surface area contributed by atoms with Gasteiger partial charge in [-0.15, -0.1) is 24.0 Å². The van der Waals surface area contributed by atoms with Crippen molar-refractivity contribution in [3.63, 3.8) is 0 Å². The largest absolute Gasteiger partial charge is 0.503 e. The maximum Gasteiger partial charge on any atom is 0.223 e. The molecule has 2 N–H and O–H groups in total. The van der Waals surface area contributed by atoms with Crippen LogP contribution in [0.5, 0.6) is 5.75 Å². The van der Waals surface area contributed by atoms with E-state index in [0.29, 0.717) is 5.69 Å². The Kier molecular flexibility index (Phi) is 4.00. The van der Waals surface area contributed by atoms with E-state index in [0.717, 1.165) is 0 Å². The van der Waals surface area contributed by atoms with Crippen LogP contribution >= 0.6 is 24.0 Å². The van der Waals surface area contributed by atoms with Crippen molar-refractivity contribution < 1.29 is 5.11 Å². The molecule has 0 atom stereocenters. The van der Waals surface area contributed by atoms with Gasteiger partial charge in [0.15, 0.2) is 5.75 Å². The van der Waals surface area contributed by atoms with Crippen LogP contribution < -0.4 is 5.43 Å². The number of aromatic nitrogens is 1. The lowest BCUT2D eigenvalue weighted by molar-refractivity contribution is 0.461. The monoisotopic (exact) mass is 195 g/mol. The van der Waals surface area contributed by atoms with E-state index in [2.05, 4.69) is 4.98 Å². The summed E-state index contributed by atoms with van der Waals surface area (Å²) in [5, 5.41) is 8.97. The van der Waals surface area contributed by atoms with E-state index in [-0.39, 0.29) is 24.0 Å². The first-order valence-electron chi connectivity index (χ1n) is 2.71. The van der Waals surface area contributed by atoms with Gasteiger partial charge in [-0.3, -0.25) is 4.79 Å². The van der Waals surface area contributed by atoms with Gasteiger partial charge in [-0.1, -0.05) is 0 Å². The molecule has 0 fully saturated rings. The molecule has 0 unspecified atom stereocenters. The quantitative estimate of drug-likeness (QED) is 0.664. The minimum absolute atomic E-state index is 0. The van der Waals surface area contributed by atoms with Crippen LogP contribution in [0.25, 0.3) is 0 Å². The number of alkyl halides is 1. The lowest BCUT2D eigenvalue weighted by atomic mass is 10.3. The lowest BCUT2D eigenvalue weighted by Gasteiger charge is -1.96. The molecular weight excluding hydrogens is 189 g/mol. The number of aromatic amines is 1. The van der Waals surface area contributed by atoms with E-state index in [4.69, 9.17) is 16.7 Å². The van der Waals surface area contributed by atoms with Gasteiger partial charge in [0.05, 0.1) is 11.6 Å². The van der Waals surface area contributed by atoms with Crippen LogP contribution in [-0.4, -0.2) is 10.1 Å². The Balaban J connectivity index is 0.000001000. The summed E-state index contributed by atoms with van der Waals surface area (Å²) >= 11 is 5.37. The third kappa shape index (κ3) is 2.13. The van der Waals surface area contributed by atoms with E-state index < -0.39 is 5.43 Å². The summed E-state index contributed by atoms with van der Waals surface area (Å²) in [6.07, 6.45) is 1.44. The predicted molar refractivity (Wildman–Crippen MR) is 45.5 cm³/mol. The molecule has 1 aromatic rings. The van der Waals surface area contributed by atoms with Crippen LogP contribution in [0.2, 0.25) is 0 Å². The van der Waals surface area contributed by atoms with E-state index in [1.54, 1.807) is 0 Å². The molecule has 5 heteroatoms. The van der Waals surface area contributed by atoms with Crippen molar-refractivity contribution >= 4 is 24.0 Å². The highest BCUT2D eigenvalue weighted by atomic mass is 35.5. The highest BCUT2D eigenvalue weighted by molar-refractivity contribution is 6.17. The first-order valence-corrected chi connectivity index (χ1v) is 3.24. The molecule has 0 aromatic carbocycles. The van der Waals surface area contributed by atoms with Gasteiger partial charge in [0.2, 0.25) is 5.43 Å². The summed E-state index contributed by atoms with van der Waals surface area (Å²) in [4.78, 5) is 13.3. The van der Waals surface area contributed by atoms with Crippen LogP contribution in [-0.2, 0) is 5.88 Å². The third-order valence-corrected chi connectivity index (χ3v) is 1.41. The van der Waals surface area contributed by atoms with E-state index >= 15 is 0 Å². The second-order valence-electron chi connectivity index (χ2n) is 1.80. The summed E-state index contributed by atoms with van der Waals surface area (Å²) in [6, 6.07) is 1.24. The van der Waals surface area contributed by atoms with Crippen LogP contribution in [0.4, 0.5) is 0 Å². The number of hydrogen-bond donors (Lipinski definition) is 2. The summed E-state index contributed by atoms with van der Waals surface area (Å²) < 4.78 is 0. The van der Waals surface area contributed by atoms with Gasteiger partial charge in [-0.25, -0.2) is 0 Å². The summed E-state index contributed by atoms with van der Waals surface area (Å²) in [6.45, 7) is 0. The average Bonchev–Trinajstić information content (AvgIpc) is 1.95. The minimum Gasteiger partial charge on any atom is -0.503 e. The number of aromatic hydroxyl groups is 1. The van der Waals surface area contributed by atoms with Gasteiger partial charge >= 0.3 is 0 Å². The fourth-order valence-corrected chi connectivity index (χ4v) is 0.820. The molecule has 0 aliphatic rings. The maximum absolute atomic E-state index is 10.7. The molecule has 1 rings (SSSR count).